The molecule has 6 nitrogen and oxygen atoms in total. The minimum absolute atomic E-state index is 0.130. The molecule has 2 heterocycles. The summed E-state index contributed by atoms with van der Waals surface area (Å²) in [6, 6.07) is 4.93. The van der Waals surface area contributed by atoms with Gasteiger partial charge in [-0.25, -0.2) is 0 Å². The minimum atomic E-state index is -0.446. The highest BCUT2D eigenvalue weighted by atomic mass is 35.5. The van der Waals surface area contributed by atoms with Crippen LogP contribution in [0.25, 0.3) is 0 Å². The normalized spacial score (nSPS) is 20.2. The molecule has 1 atom stereocenters. The SMILES string of the molecule is O=C(Nc1nnc(C2CC2)s1)[C@@H]1CC(=O)N(c2cc(Cl)cc(Cl)c2)C1. The molecule has 2 aromatic rings. The smallest absolute Gasteiger partial charge is 0.231 e. The summed E-state index contributed by atoms with van der Waals surface area (Å²) in [6.45, 7) is 0.287. The number of nitrogens with zero attached hydrogens (tertiary/aromatic N) is 3. The summed E-state index contributed by atoms with van der Waals surface area (Å²) in [4.78, 5) is 26.3. The van der Waals surface area contributed by atoms with Crippen LogP contribution < -0.4 is 10.2 Å². The molecular formula is C16H14Cl2N4O2S. The fourth-order valence-electron chi connectivity index (χ4n) is 2.82. The molecule has 1 N–H and O–H groups in total. The lowest BCUT2D eigenvalue weighted by Gasteiger charge is -2.17. The summed E-state index contributed by atoms with van der Waals surface area (Å²) in [5.41, 5.74) is 0.602. The Morgan fingerprint density at radius 2 is 1.92 bits per heavy atom. The van der Waals surface area contributed by atoms with E-state index in [0.29, 0.717) is 26.8 Å². The molecule has 0 unspecified atom stereocenters. The van der Waals surface area contributed by atoms with E-state index >= 15 is 0 Å². The maximum Gasteiger partial charge on any atom is 0.231 e. The van der Waals surface area contributed by atoms with Crippen LogP contribution in [0.1, 0.15) is 30.2 Å². The summed E-state index contributed by atoms with van der Waals surface area (Å²) < 4.78 is 0. The van der Waals surface area contributed by atoms with Crippen LogP contribution in [0.3, 0.4) is 0 Å². The van der Waals surface area contributed by atoms with Crippen LogP contribution in [0, 0.1) is 5.92 Å². The molecule has 1 saturated carbocycles. The maximum atomic E-state index is 12.5. The Morgan fingerprint density at radius 3 is 2.60 bits per heavy atom. The molecule has 2 fully saturated rings. The third-order valence-corrected chi connectivity index (χ3v) is 5.69. The molecule has 130 valence electrons. The molecule has 4 rings (SSSR count). The second-order valence-corrected chi connectivity index (χ2v) is 8.12. The zero-order valence-electron chi connectivity index (χ0n) is 13.0. The Hall–Kier alpha value is -1.70. The highest BCUT2D eigenvalue weighted by Crippen LogP contribution is 2.42. The van der Waals surface area contributed by atoms with E-state index in [2.05, 4.69) is 15.5 Å². The summed E-state index contributed by atoms with van der Waals surface area (Å²) >= 11 is 13.4. The van der Waals surface area contributed by atoms with Crippen LogP contribution >= 0.6 is 34.5 Å². The fraction of sp³-hybridized carbons (Fsp3) is 0.375. The van der Waals surface area contributed by atoms with Gasteiger partial charge in [0.05, 0.1) is 5.92 Å². The Balaban J connectivity index is 1.44. The first kappa shape index (κ1) is 16.8. The van der Waals surface area contributed by atoms with Crippen LogP contribution in [0.5, 0.6) is 0 Å². The molecule has 1 saturated heterocycles. The number of rotatable bonds is 4. The van der Waals surface area contributed by atoms with Gasteiger partial charge >= 0.3 is 0 Å². The van der Waals surface area contributed by atoms with Crippen molar-refractivity contribution in [2.24, 2.45) is 5.92 Å². The van der Waals surface area contributed by atoms with Gasteiger partial charge in [-0.2, -0.15) is 0 Å². The Labute approximate surface area is 158 Å². The lowest BCUT2D eigenvalue weighted by Crippen LogP contribution is -2.28. The molecular weight excluding hydrogens is 383 g/mol. The third kappa shape index (κ3) is 3.63. The second kappa shape index (κ2) is 6.55. The van der Waals surface area contributed by atoms with E-state index in [9.17, 15) is 9.59 Å². The topological polar surface area (TPSA) is 75.2 Å². The number of nitrogens with one attached hydrogen (secondary N) is 1. The standard InChI is InChI=1S/C16H14Cl2N4O2S/c17-10-4-11(18)6-12(5-10)22-7-9(3-13(22)23)14(24)19-16-21-20-15(25-16)8-1-2-8/h4-6,8-9H,1-3,7H2,(H,19,21,24)/t9-/m1/s1. The zero-order valence-corrected chi connectivity index (χ0v) is 15.4. The number of anilines is 2. The number of aromatic nitrogens is 2. The molecule has 9 heteroatoms. The number of hydrogen-bond acceptors (Lipinski definition) is 5. The Kier molecular flexibility index (Phi) is 4.39. The molecule has 2 aliphatic rings. The van der Waals surface area contributed by atoms with Gasteiger partial charge in [-0.05, 0) is 31.0 Å². The van der Waals surface area contributed by atoms with E-state index in [1.165, 1.54) is 16.2 Å². The monoisotopic (exact) mass is 396 g/mol. The quantitative estimate of drug-likeness (QED) is 0.854. The van der Waals surface area contributed by atoms with Crippen molar-refractivity contribution in [2.45, 2.75) is 25.2 Å². The zero-order chi connectivity index (χ0) is 17.6. The van der Waals surface area contributed by atoms with E-state index in [-0.39, 0.29) is 24.8 Å². The van der Waals surface area contributed by atoms with Gasteiger partial charge in [0.2, 0.25) is 16.9 Å². The van der Waals surface area contributed by atoms with Crippen LogP contribution in [0.4, 0.5) is 10.8 Å². The molecule has 1 aromatic heterocycles. The Bertz CT molecular complexity index is 832. The molecule has 2 amide bonds. The largest absolute Gasteiger partial charge is 0.311 e. The summed E-state index contributed by atoms with van der Waals surface area (Å²) in [7, 11) is 0. The molecule has 1 aliphatic carbocycles. The number of carbonyl (C=O) groups excluding carboxylic acids is 2. The van der Waals surface area contributed by atoms with Crippen molar-refractivity contribution in [3.05, 3.63) is 33.3 Å². The second-order valence-electron chi connectivity index (χ2n) is 6.24. The van der Waals surface area contributed by atoms with Gasteiger partial charge in [0.1, 0.15) is 5.01 Å². The number of hydrogen-bond donors (Lipinski definition) is 1. The van der Waals surface area contributed by atoms with Crippen LogP contribution in [-0.2, 0) is 9.59 Å². The lowest BCUT2D eigenvalue weighted by atomic mass is 10.1. The van der Waals surface area contributed by atoms with Crippen molar-refractivity contribution < 1.29 is 9.59 Å². The van der Waals surface area contributed by atoms with Gasteiger partial charge < -0.3 is 10.2 Å². The summed E-state index contributed by atoms with van der Waals surface area (Å²) in [5, 5.41) is 13.2. The summed E-state index contributed by atoms with van der Waals surface area (Å²) in [6.07, 6.45) is 2.41. The van der Waals surface area contributed by atoms with Crippen molar-refractivity contribution in [3.63, 3.8) is 0 Å². The van der Waals surface area contributed by atoms with Gasteiger partial charge in [0, 0.05) is 34.6 Å². The molecule has 0 bridgehead atoms. The molecule has 25 heavy (non-hydrogen) atoms. The first-order valence-electron chi connectivity index (χ1n) is 7.90. The van der Waals surface area contributed by atoms with Gasteiger partial charge in [0.15, 0.2) is 0 Å². The van der Waals surface area contributed by atoms with Crippen molar-refractivity contribution in [1.29, 1.82) is 0 Å². The number of halogens is 2. The highest BCUT2D eigenvalue weighted by Gasteiger charge is 2.36. The first-order valence-corrected chi connectivity index (χ1v) is 9.47. The summed E-state index contributed by atoms with van der Waals surface area (Å²) in [5.74, 6) is -0.297. The first-order chi connectivity index (χ1) is 12.0. The Morgan fingerprint density at radius 1 is 1.20 bits per heavy atom. The third-order valence-electron chi connectivity index (χ3n) is 4.25. The highest BCUT2D eigenvalue weighted by molar-refractivity contribution is 7.15. The average Bonchev–Trinajstić information content (AvgIpc) is 3.17. The van der Waals surface area contributed by atoms with Crippen LogP contribution in [0.2, 0.25) is 10.0 Å². The minimum Gasteiger partial charge on any atom is -0.311 e. The van der Waals surface area contributed by atoms with Crippen LogP contribution in [-0.4, -0.2) is 28.6 Å². The van der Waals surface area contributed by atoms with E-state index in [0.717, 1.165) is 17.8 Å². The van der Waals surface area contributed by atoms with Gasteiger partial charge in [-0.1, -0.05) is 34.5 Å². The van der Waals surface area contributed by atoms with Crippen molar-refractivity contribution in [2.75, 3.05) is 16.8 Å². The van der Waals surface area contributed by atoms with Gasteiger partial charge in [-0.15, -0.1) is 10.2 Å². The number of carbonyl (C=O) groups is 2. The lowest BCUT2D eigenvalue weighted by molar-refractivity contribution is -0.122. The van der Waals surface area contributed by atoms with E-state index < -0.39 is 5.92 Å². The number of benzene rings is 1. The number of amides is 2. The van der Waals surface area contributed by atoms with Crippen molar-refractivity contribution in [1.82, 2.24) is 10.2 Å². The molecule has 1 aliphatic heterocycles. The van der Waals surface area contributed by atoms with Crippen LogP contribution in [0.15, 0.2) is 18.2 Å². The molecule has 0 spiro atoms. The van der Waals surface area contributed by atoms with Crippen molar-refractivity contribution >= 4 is 57.2 Å². The molecule has 1 aromatic carbocycles. The maximum absolute atomic E-state index is 12.5. The average molecular weight is 397 g/mol. The predicted octanol–water partition coefficient (Wildman–Crippen LogP) is 3.71. The van der Waals surface area contributed by atoms with Gasteiger partial charge in [-0.3, -0.25) is 9.59 Å². The fourth-order valence-corrected chi connectivity index (χ4v) is 4.25. The van der Waals surface area contributed by atoms with Gasteiger partial charge in [0.25, 0.3) is 0 Å². The predicted molar refractivity (Wildman–Crippen MR) is 97.4 cm³/mol. The van der Waals surface area contributed by atoms with Crippen molar-refractivity contribution in [3.8, 4) is 0 Å². The molecule has 0 radical (unpaired) electrons. The van der Waals surface area contributed by atoms with E-state index in [1.54, 1.807) is 18.2 Å². The van der Waals surface area contributed by atoms with E-state index in [1.807, 2.05) is 0 Å². The van der Waals surface area contributed by atoms with E-state index in [4.69, 9.17) is 23.2 Å².